The van der Waals surface area contributed by atoms with Crippen molar-refractivity contribution in [1.29, 1.82) is 0 Å². The molecule has 0 atom stereocenters. The molecule has 0 saturated heterocycles. The van der Waals surface area contributed by atoms with Crippen LogP contribution in [0, 0.1) is 6.92 Å². The Labute approximate surface area is 172 Å². The molecule has 6 heteroatoms. The molecule has 1 heterocycles. The number of nitrogens with one attached hydrogen (secondary N) is 1. The molecular formula is C23H31N3O3. The number of nitrogens with zero attached hydrogens (tertiary/aromatic N) is 1. The van der Waals surface area contributed by atoms with Gasteiger partial charge in [0.1, 0.15) is 12.4 Å². The zero-order valence-corrected chi connectivity index (χ0v) is 17.2. The highest BCUT2D eigenvalue weighted by atomic mass is 16.5. The van der Waals surface area contributed by atoms with Crippen LogP contribution in [0.4, 0.5) is 5.69 Å². The maximum Gasteiger partial charge on any atom is 0.246 e. The Bertz CT molecular complexity index is 856. The van der Waals surface area contributed by atoms with Gasteiger partial charge in [-0.25, -0.2) is 0 Å². The molecule has 2 aromatic rings. The lowest BCUT2D eigenvalue weighted by atomic mass is 9.93. The first-order valence-corrected chi connectivity index (χ1v) is 10.8. The van der Waals surface area contributed by atoms with Gasteiger partial charge in [0, 0.05) is 17.4 Å². The second-order valence-corrected chi connectivity index (χ2v) is 8.38. The van der Waals surface area contributed by atoms with Crippen molar-refractivity contribution in [2.45, 2.75) is 76.5 Å². The fraction of sp³-hybridized carbons (Fsp3) is 0.565. The molecule has 1 aromatic heterocycles. The van der Waals surface area contributed by atoms with Gasteiger partial charge in [0.25, 0.3) is 0 Å². The van der Waals surface area contributed by atoms with E-state index in [0.717, 1.165) is 60.9 Å². The molecule has 3 N–H and O–H groups in total. The van der Waals surface area contributed by atoms with Gasteiger partial charge >= 0.3 is 0 Å². The molecule has 156 valence electrons. The highest BCUT2D eigenvalue weighted by Crippen LogP contribution is 2.33. The van der Waals surface area contributed by atoms with Crippen LogP contribution in [-0.4, -0.2) is 35.7 Å². The van der Waals surface area contributed by atoms with Gasteiger partial charge in [0.2, 0.25) is 5.91 Å². The molecule has 2 aliphatic carbocycles. The van der Waals surface area contributed by atoms with Crippen molar-refractivity contribution in [2.75, 3.05) is 12.3 Å². The van der Waals surface area contributed by atoms with Crippen LogP contribution < -0.4 is 15.8 Å². The summed E-state index contributed by atoms with van der Waals surface area (Å²) in [5.41, 5.74) is 8.70. The summed E-state index contributed by atoms with van der Waals surface area (Å²) in [6, 6.07) is 7.97. The third kappa shape index (κ3) is 4.99. The van der Waals surface area contributed by atoms with Gasteiger partial charge in [-0.3, -0.25) is 9.78 Å². The molecule has 2 aliphatic rings. The number of hydrogen-bond acceptors (Lipinski definition) is 5. The average molecular weight is 398 g/mol. The number of carbonyl (C=O) groups is 1. The summed E-state index contributed by atoms with van der Waals surface area (Å²) < 4.78 is 12.0. The molecule has 0 radical (unpaired) electrons. The second kappa shape index (κ2) is 8.99. The molecule has 0 unspecified atom stereocenters. The van der Waals surface area contributed by atoms with Gasteiger partial charge in [-0.2, -0.15) is 0 Å². The predicted molar refractivity (Wildman–Crippen MR) is 114 cm³/mol. The number of ether oxygens (including phenoxy) is 2. The molecule has 0 spiro atoms. The minimum atomic E-state index is 0.00420. The van der Waals surface area contributed by atoms with Crippen molar-refractivity contribution in [3.63, 3.8) is 0 Å². The van der Waals surface area contributed by atoms with E-state index < -0.39 is 0 Å². The Balaban J connectivity index is 1.28. The maximum absolute atomic E-state index is 12.2. The number of hydrogen-bond donors (Lipinski definition) is 2. The number of aryl methyl sites for hydroxylation is 1. The Morgan fingerprint density at radius 2 is 1.90 bits per heavy atom. The smallest absolute Gasteiger partial charge is 0.246 e. The lowest BCUT2D eigenvalue weighted by Gasteiger charge is -2.30. The number of nitrogens with two attached hydrogens (primary N) is 1. The molecule has 6 nitrogen and oxygen atoms in total. The molecule has 4 rings (SSSR count). The number of carbonyl (C=O) groups excluding carboxylic acids is 1. The van der Waals surface area contributed by atoms with Crippen LogP contribution >= 0.6 is 0 Å². The van der Waals surface area contributed by atoms with Crippen molar-refractivity contribution in [1.82, 2.24) is 10.3 Å². The third-order valence-corrected chi connectivity index (χ3v) is 6.04. The molecule has 29 heavy (non-hydrogen) atoms. The first kappa shape index (κ1) is 20.0. The Hall–Kier alpha value is -2.34. The number of anilines is 1. The van der Waals surface area contributed by atoms with E-state index in [2.05, 4.69) is 10.3 Å². The zero-order chi connectivity index (χ0) is 20.2. The number of benzene rings is 1. The van der Waals surface area contributed by atoms with Crippen LogP contribution in [0.25, 0.3) is 10.9 Å². The molecule has 2 saturated carbocycles. The van der Waals surface area contributed by atoms with Crippen molar-refractivity contribution in [3.8, 4) is 5.75 Å². The summed E-state index contributed by atoms with van der Waals surface area (Å²) in [5, 5.41) is 4.01. The van der Waals surface area contributed by atoms with Crippen LogP contribution in [0.2, 0.25) is 0 Å². The number of amides is 1. The largest absolute Gasteiger partial charge is 0.490 e. The molecule has 1 amide bonds. The molecule has 0 aliphatic heterocycles. The highest BCUT2D eigenvalue weighted by molar-refractivity contribution is 5.95. The number of nitrogen functional groups attached to an aromatic ring is 1. The Morgan fingerprint density at radius 3 is 2.66 bits per heavy atom. The first-order valence-electron chi connectivity index (χ1n) is 10.8. The molecular weight excluding hydrogens is 366 g/mol. The van der Waals surface area contributed by atoms with Crippen LogP contribution in [0.1, 0.15) is 57.1 Å². The van der Waals surface area contributed by atoms with E-state index in [1.54, 1.807) is 0 Å². The Kier molecular flexibility index (Phi) is 6.19. The van der Waals surface area contributed by atoms with E-state index in [-0.39, 0.29) is 30.8 Å². The first-order chi connectivity index (χ1) is 14.1. The summed E-state index contributed by atoms with van der Waals surface area (Å²) >= 11 is 0. The van der Waals surface area contributed by atoms with Crippen LogP contribution in [0.3, 0.4) is 0 Å². The monoisotopic (exact) mass is 397 g/mol. The molecule has 2 fully saturated rings. The van der Waals surface area contributed by atoms with Gasteiger partial charge in [0.15, 0.2) is 0 Å². The third-order valence-electron chi connectivity index (χ3n) is 6.04. The summed E-state index contributed by atoms with van der Waals surface area (Å²) in [4.78, 5) is 16.7. The van der Waals surface area contributed by atoms with Gasteiger partial charge in [-0.05, 0) is 63.6 Å². The van der Waals surface area contributed by atoms with E-state index in [9.17, 15) is 4.79 Å². The second-order valence-electron chi connectivity index (χ2n) is 8.38. The standard InChI is InChI=1S/C23H31N3O3/c1-15-13-19(24)23-20(25-15)7-4-8-21(23)29-18-11-9-16(10-12-18)26-22(27)14-28-17-5-2-3-6-17/h4,7-8,13,16-18H,2-3,5-6,9-12,14H2,1H3,(H2,24,25)(H,26,27). The van der Waals surface area contributed by atoms with Crippen molar-refractivity contribution in [3.05, 3.63) is 30.0 Å². The number of pyridine rings is 1. The maximum atomic E-state index is 12.2. The lowest BCUT2D eigenvalue weighted by Crippen LogP contribution is -2.41. The zero-order valence-electron chi connectivity index (χ0n) is 17.2. The summed E-state index contributed by atoms with van der Waals surface area (Å²) in [7, 11) is 0. The number of aromatic nitrogens is 1. The van der Waals surface area contributed by atoms with E-state index >= 15 is 0 Å². The SMILES string of the molecule is Cc1cc(N)c2c(OC3CCC(NC(=O)COC4CCCC4)CC3)cccc2n1. The van der Waals surface area contributed by atoms with E-state index in [1.165, 1.54) is 12.8 Å². The van der Waals surface area contributed by atoms with Gasteiger partial charge < -0.3 is 20.5 Å². The van der Waals surface area contributed by atoms with E-state index in [0.29, 0.717) is 5.69 Å². The average Bonchev–Trinajstić information content (AvgIpc) is 3.21. The van der Waals surface area contributed by atoms with Crippen LogP contribution in [-0.2, 0) is 9.53 Å². The number of rotatable bonds is 6. The van der Waals surface area contributed by atoms with E-state index in [4.69, 9.17) is 15.2 Å². The minimum Gasteiger partial charge on any atom is -0.490 e. The lowest BCUT2D eigenvalue weighted by molar-refractivity contribution is -0.128. The molecule has 1 aromatic carbocycles. The molecule has 0 bridgehead atoms. The fourth-order valence-electron chi connectivity index (χ4n) is 4.54. The van der Waals surface area contributed by atoms with Crippen LogP contribution in [0.15, 0.2) is 24.3 Å². The van der Waals surface area contributed by atoms with Gasteiger partial charge in [-0.1, -0.05) is 18.9 Å². The van der Waals surface area contributed by atoms with E-state index in [1.807, 2.05) is 31.2 Å². The summed E-state index contributed by atoms with van der Waals surface area (Å²) in [6.07, 6.45) is 8.65. The van der Waals surface area contributed by atoms with Crippen molar-refractivity contribution >= 4 is 22.5 Å². The van der Waals surface area contributed by atoms with Gasteiger partial charge in [-0.15, -0.1) is 0 Å². The topological polar surface area (TPSA) is 86.5 Å². The summed E-state index contributed by atoms with van der Waals surface area (Å²) in [5.74, 6) is 0.800. The quantitative estimate of drug-likeness (QED) is 0.772. The summed E-state index contributed by atoms with van der Waals surface area (Å²) in [6.45, 7) is 2.13. The van der Waals surface area contributed by atoms with Crippen LogP contribution in [0.5, 0.6) is 5.75 Å². The highest BCUT2D eigenvalue weighted by Gasteiger charge is 2.25. The number of fused-ring (bicyclic) bond motifs is 1. The minimum absolute atomic E-state index is 0.00420. The van der Waals surface area contributed by atoms with Gasteiger partial charge in [0.05, 0.1) is 23.1 Å². The Morgan fingerprint density at radius 1 is 1.14 bits per heavy atom. The normalized spacial score (nSPS) is 22.7. The van der Waals surface area contributed by atoms with Crippen molar-refractivity contribution < 1.29 is 14.3 Å². The predicted octanol–water partition coefficient (Wildman–Crippen LogP) is 3.89. The van der Waals surface area contributed by atoms with Crippen molar-refractivity contribution in [2.24, 2.45) is 0 Å². The fourth-order valence-corrected chi connectivity index (χ4v) is 4.54.